The fourth-order valence-electron chi connectivity index (χ4n) is 2.69. The number of hydrogen-bond donors (Lipinski definition) is 2. The number of amides is 2. The van der Waals surface area contributed by atoms with E-state index >= 15 is 0 Å². The average Bonchev–Trinajstić information content (AvgIpc) is 2.43. The molecule has 0 saturated carbocycles. The van der Waals surface area contributed by atoms with Crippen LogP contribution in [0.4, 0.5) is 10.5 Å². The van der Waals surface area contributed by atoms with E-state index in [1.165, 1.54) is 0 Å². The number of rotatable bonds is 6. The minimum atomic E-state index is -0.548. The molecule has 0 aliphatic heterocycles. The molecule has 1 rings (SSSR count). The number of benzene rings is 1. The first kappa shape index (κ1) is 19.5. The van der Waals surface area contributed by atoms with Crippen molar-refractivity contribution in [3.63, 3.8) is 0 Å². The largest absolute Gasteiger partial charge is 0.392 e. The van der Waals surface area contributed by atoms with Crippen LogP contribution in [0.5, 0.6) is 0 Å². The summed E-state index contributed by atoms with van der Waals surface area (Å²) in [5.41, 5.74) is 3.20. The van der Waals surface area contributed by atoms with Crippen LogP contribution in [0, 0.1) is 0 Å². The van der Waals surface area contributed by atoms with Gasteiger partial charge in [-0.2, -0.15) is 0 Å². The van der Waals surface area contributed by atoms with Gasteiger partial charge in [-0.3, -0.25) is 0 Å². The number of aliphatic hydroxyl groups excluding tert-OH is 1. The Kier molecular flexibility index (Phi) is 7.07. The molecule has 1 unspecified atom stereocenters. The first-order chi connectivity index (χ1) is 10.6. The van der Waals surface area contributed by atoms with Gasteiger partial charge in [-0.05, 0) is 43.7 Å². The van der Waals surface area contributed by atoms with E-state index < -0.39 is 6.10 Å². The Morgan fingerprint density at radius 3 is 1.87 bits per heavy atom. The molecule has 23 heavy (non-hydrogen) atoms. The molecule has 4 nitrogen and oxygen atoms in total. The molecule has 1 aromatic carbocycles. The molecule has 1 atom stereocenters. The van der Waals surface area contributed by atoms with Gasteiger partial charge in [0.25, 0.3) is 0 Å². The molecular weight excluding hydrogens is 288 g/mol. The van der Waals surface area contributed by atoms with E-state index in [0.717, 1.165) is 16.8 Å². The lowest BCUT2D eigenvalue weighted by Gasteiger charge is -2.30. The zero-order valence-corrected chi connectivity index (χ0v) is 15.6. The minimum absolute atomic E-state index is 0.0262. The summed E-state index contributed by atoms with van der Waals surface area (Å²) in [6.45, 7) is 14.5. The van der Waals surface area contributed by atoms with Crippen LogP contribution in [-0.4, -0.2) is 34.7 Å². The highest BCUT2D eigenvalue weighted by atomic mass is 16.3. The highest BCUT2D eigenvalue weighted by molar-refractivity contribution is 5.91. The number of nitrogens with zero attached hydrogens (tertiary/aromatic N) is 1. The Morgan fingerprint density at radius 1 is 1.04 bits per heavy atom. The quantitative estimate of drug-likeness (QED) is 0.807. The molecule has 0 aliphatic carbocycles. The minimum Gasteiger partial charge on any atom is -0.392 e. The van der Waals surface area contributed by atoms with Crippen LogP contribution in [0.2, 0.25) is 0 Å². The van der Waals surface area contributed by atoms with Crippen molar-refractivity contribution in [1.29, 1.82) is 0 Å². The van der Waals surface area contributed by atoms with E-state index in [2.05, 4.69) is 51.2 Å². The number of anilines is 1. The lowest BCUT2D eigenvalue weighted by molar-refractivity contribution is 0.125. The first-order valence-electron chi connectivity index (χ1n) is 8.53. The topological polar surface area (TPSA) is 52.6 Å². The lowest BCUT2D eigenvalue weighted by Crippen LogP contribution is -2.44. The van der Waals surface area contributed by atoms with E-state index in [-0.39, 0.29) is 12.1 Å². The molecule has 130 valence electrons. The van der Waals surface area contributed by atoms with Crippen LogP contribution in [0.15, 0.2) is 18.2 Å². The number of urea groups is 1. The summed E-state index contributed by atoms with van der Waals surface area (Å²) >= 11 is 0. The Morgan fingerprint density at radius 2 is 1.52 bits per heavy atom. The second-order valence-electron chi connectivity index (χ2n) is 7.15. The predicted octanol–water partition coefficient (Wildman–Crippen LogP) is 4.56. The molecule has 0 bridgehead atoms. The van der Waals surface area contributed by atoms with Crippen LogP contribution >= 0.6 is 0 Å². The van der Waals surface area contributed by atoms with Gasteiger partial charge in [0.15, 0.2) is 0 Å². The molecule has 4 heteroatoms. The summed E-state index contributed by atoms with van der Waals surface area (Å²) in [5.74, 6) is 0.654. The van der Waals surface area contributed by atoms with Crippen LogP contribution in [0.25, 0.3) is 0 Å². The molecule has 0 radical (unpaired) electrons. The van der Waals surface area contributed by atoms with Crippen LogP contribution in [0.1, 0.15) is 71.4 Å². The van der Waals surface area contributed by atoms with E-state index in [4.69, 9.17) is 0 Å². The van der Waals surface area contributed by atoms with Gasteiger partial charge in [-0.15, -0.1) is 0 Å². The maximum atomic E-state index is 12.7. The molecule has 0 aromatic heterocycles. The van der Waals surface area contributed by atoms with E-state index in [9.17, 15) is 9.90 Å². The van der Waals surface area contributed by atoms with Crippen molar-refractivity contribution in [1.82, 2.24) is 4.90 Å². The monoisotopic (exact) mass is 320 g/mol. The normalized spacial score (nSPS) is 12.8. The van der Waals surface area contributed by atoms with Crippen molar-refractivity contribution in [2.24, 2.45) is 0 Å². The van der Waals surface area contributed by atoms with Gasteiger partial charge < -0.3 is 15.3 Å². The van der Waals surface area contributed by atoms with Gasteiger partial charge in [-0.1, -0.05) is 45.9 Å². The third-order valence-corrected chi connectivity index (χ3v) is 3.95. The number of hydrogen-bond acceptors (Lipinski definition) is 2. The number of aliphatic hydroxyl groups is 1. The fraction of sp³-hybridized carbons (Fsp3) is 0.632. The average molecular weight is 320 g/mol. The molecule has 0 saturated heterocycles. The maximum absolute atomic E-state index is 12.7. The van der Waals surface area contributed by atoms with Crippen molar-refractivity contribution >= 4 is 11.7 Å². The van der Waals surface area contributed by atoms with Gasteiger partial charge in [-0.25, -0.2) is 4.79 Å². The third-order valence-electron chi connectivity index (χ3n) is 3.95. The van der Waals surface area contributed by atoms with Crippen LogP contribution in [0.3, 0.4) is 0 Å². The second-order valence-corrected chi connectivity index (χ2v) is 7.15. The van der Waals surface area contributed by atoms with E-state index in [1.807, 2.05) is 13.8 Å². The zero-order chi connectivity index (χ0) is 17.7. The summed E-state index contributed by atoms with van der Waals surface area (Å²) < 4.78 is 0. The number of carbonyl (C=O) groups is 1. The van der Waals surface area contributed by atoms with E-state index in [0.29, 0.717) is 18.4 Å². The molecule has 2 N–H and O–H groups in total. The molecule has 0 fully saturated rings. The highest BCUT2D eigenvalue weighted by Crippen LogP contribution is 2.32. The summed E-state index contributed by atoms with van der Waals surface area (Å²) in [6, 6.07) is 6.06. The Labute approximate surface area is 140 Å². The SMILES string of the molecule is CC(O)CN(C(=O)Nc1c(C(C)C)cccc1C(C)C)C(C)C. The third kappa shape index (κ3) is 5.24. The van der Waals surface area contributed by atoms with Crippen molar-refractivity contribution in [3.05, 3.63) is 29.3 Å². The van der Waals surface area contributed by atoms with Gasteiger partial charge in [0, 0.05) is 18.3 Å². The molecule has 0 heterocycles. The second kappa shape index (κ2) is 8.34. The smallest absolute Gasteiger partial charge is 0.322 e. The Bertz CT molecular complexity index is 496. The standard InChI is InChI=1S/C19H32N2O2/c1-12(2)16-9-8-10-17(13(3)4)18(16)20-19(23)21(14(5)6)11-15(7)22/h8-10,12-15,22H,11H2,1-7H3,(H,20,23). The Balaban J connectivity index is 3.17. The van der Waals surface area contributed by atoms with Gasteiger partial charge in [0.1, 0.15) is 0 Å². The highest BCUT2D eigenvalue weighted by Gasteiger charge is 2.22. The van der Waals surface area contributed by atoms with Crippen molar-refractivity contribution < 1.29 is 9.90 Å². The first-order valence-corrected chi connectivity index (χ1v) is 8.53. The summed E-state index contributed by atoms with van der Waals surface area (Å²) in [6.07, 6.45) is -0.548. The molecule has 0 aliphatic rings. The predicted molar refractivity (Wildman–Crippen MR) is 97.2 cm³/mol. The van der Waals surface area contributed by atoms with Crippen LogP contribution in [-0.2, 0) is 0 Å². The number of para-hydroxylation sites is 1. The summed E-state index contributed by atoms with van der Waals surface area (Å²) in [4.78, 5) is 14.4. The summed E-state index contributed by atoms with van der Waals surface area (Å²) in [5, 5.41) is 12.8. The molecule has 2 amide bonds. The van der Waals surface area contributed by atoms with Crippen molar-refractivity contribution in [3.8, 4) is 0 Å². The van der Waals surface area contributed by atoms with E-state index in [1.54, 1.807) is 11.8 Å². The molecule has 1 aromatic rings. The van der Waals surface area contributed by atoms with Crippen molar-refractivity contribution in [2.75, 3.05) is 11.9 Å². The van der Waals surface area contributed by atoms with Gasteiger partial charge >= 0.3 is 6.03 Å². The molecule has 0 spiro atoms. The van der Waals surface area contributed by atoms with Gasteiger partial charge in [0.2, 0.25) is 0 Å². The Hall–Kier alpha value is -1.55. The zero-order valence-electron chi connectivity index (χ0n) is 15.6. The maximum Gasteiger partial charge on any atom is 0.322 e. The number of carbonyl (C=O) groups excluding carboxylic acids is 1. The summed E-state index contributed by atoms with van der Waals surface area (Å²) in [7, 11) is 0. The number of nitrogens with one attached hydrogen (secondary N) is 1. The lowest BCUT2D eigenvalue weighted by atomic mass is 9.93. The van der Waals surface area contributed by atoms with Gasteiger partial charge in [0.05, 0.1) is 6.10 Å². The van der Waals surface area contributed by atoms with Crippen molar-refractivity contribution in [2.45, 2.75) is 72.4 Å². The fourth-order valence-corrected chi connectivity index (χ4v) is 2.69. The molecular formula is C19H32N2O2. The van der Waals surface area contributed by atoms with Crippen LogP contribution < -0.4 is 5.32 Å².